The van der Waals surface area contributed by atoms with Gasteiger partial charge in [0.25, 0.3) is 0 Å². The molecule has 0 spiro atoms. The van der Waals surface area contributed by atoms with Crippen LogP contribution in [0.4, 0.5) is 0 Å². The molecule has 3 saturated carbocycles. The molecule has 3 aliphatic carbocycles. The summed E-state index contributed by atoms with van der Waals surface area (Å²) in [6, 6.07) is 0.918. The second-order valence-corrected chi connectivity index (χ2v) is 5.72. The van der Waals surface area contributed by atoms with E-state index in [9.17, 15) is 0 Å². The molecule has 0 aromatic rings. The van der Waals surface area contributed by atoms with Crippen LogP contribution in [0, 0.1) is 23.7 Å². The van der Waals surface area contributed by atoms with Crippen LogP contribution >= 0.6 is 0 Å². The van der Waals surface area contributed by atoms with Crippen molar-refractivity contribution < 1.29 is 0 Å². The zero-order valence-electron chi connectivity index (χ0n) is 9.34. The highest BCUT2D eigenvalue weighted by Crippen LogP contribution is 2.61. The lowest BCUT2D eigenvalue weighted by Gasteiger charge is -2.48. The molecule has 0 aromatic carbocycles. The first-order valence-electron chi connectivity index (χ1n) is 6.63. The summed E-state index contributed by atoms with van der Waals surface area (Å²) >= 11 is 0. The van der Waals surface area contributed by atoms with Gasteiger partial charge in [0.05, 0.1) is 0 Å². The summed E-state index contributed by atoms with van der Waals surface area (Å²) in [4.78, 5) is 0. The van der Waals surface area contributed by atoms with E-state index in [0.29, 0.717) is 0 Å². The summed E-state index contributed by atoms with van der Waals surface area (Å²) < 4.78 is 0. The Labute approximate surface area is 87.7 Å². The Bertz CT molecular complexity index is 211. The number of fused-ring (bicyclic) bond motifs is 5. The van der Waals surface area contributed by atoms with E-state index in [2.05, 4.69) is 12.2 Å². The quantitative estimate of drug-likeness (QED) is 0.677. The molecule has 2 unspecified atom stereocenters. The van der Waals surface area contributed by atoms with Crippen molar-refractivity contribution in [1.29, 1.82) is 0 Å². The molecule has 1 nitrogen and oxygen atoms in total. The first kappa shape index (κ1) is 9.21. The molecule has 1 heteroatoms. The minimum absolute atomic E-state index is 0.918. The van der Waals surface area contributed by atoms with E-state index in [-0.39, 0.29) is 0 Å². The number of nitrogens with one attached hydrogen (secondary N) is 1. The van der Waals surface area contributed by atoms with Crippen LogP contribution in [0.2, 0.25) is 0 Å². The Kier molecular flexibility index (Phi) is 2.31. The van der Waals surface area contributed by atoms with Crippen molar-refractivity contribution in [2.45, 2.75) is 51.5 Å². The summed E-state index contributed by atoms with van der Waals surface area (Å²) in [6.45, 7) is 3.55. The number of rotatable bonds is 4. The average Bonchev–Trinajstić information content (AvgIpc) is 2.67. The molecule has 0 saturated heterocycles. The van der Waals surface area contributed by atoms with Gasteiger partial charge in [-0.1, -0.05) is 13.3 Å². The van der Waals surface area contributed by atoms with Crippen LogP contribution in [0.15, 0.2) is 0 Å². The maximum absolute atomic E-state index is 3.78. The normalized spacial score (nSPS) is 49.1. The van der Waals surface area contributed by atoms with E-state index in [4.69, 9.17) is 0 Å². The van der Waals surface area contributed by atoms with Crippen molar-refractivity contribution in [2.24, 2.45) is 23.7 Å². The first-order valence-corrected chi connectivity index (χ1v) is 6.63. The monoisotopic (exact) mass is 193 g/mol. The molecule has 3 rings (SSSR count). The van der Waals surface area contributed by atoms with E-state index in [1.54, 1.807) is 19.3 Å². The molecular formula is C13H23N. The summed E-state index contributed by atoms with van der Waals surface area (Å²) in [6.07, 6.45) is 8.91. The van der Waals surface area contributed by atoms with E-state index in [0.717, 1.165) is 29.7 Å². The van der Waals surface area contributed by atoms with Crippen LogP contribution in [-0.4, -0.2) is 12.6 Å². The van der Waals surface area contributed by atoms with Gasteiger partial charge in [-0.25, -0.2) is 0 Å². The third kappa shape index (κ3) is 1.25. The molecule has 1 N–H and O–H groups in total. The minimum atomic E-state index is 0.918. The summed E-state index contributed by atoms with van der Waals surface area (Å²) in [5.74, 6) is 4.52. The topological polar surface area (TPSA) is 12.0 Å². The van der Waals surface area contributed by atoms with Crippen LogP contribution in [0.1, 0.15) is 45.4 Å². The Morgan fingerprint density at radius 1 is 1.14 bits per heavy atom. The molecule has 80 valence electrons. The van der Waals surface area contributed by atoms with Crippen molar-refractivity contribution >= 4 is 0 Å². The van der Waals surface area contributed by atoms with E-state index in [1.165, 1.54) is 25.8 Å². The molecule has 0 radical (unpaired) electrons. The van der Waals surface area contributed by atoms with Gasteiger partial charge in [-0.2, -0.15) is 0 Å². The lowest BCUT2D eigenvalue weighted by molar-refractivity contribution is 0.0498. The molecule has 3 aliphatic rings. The lowest BCUT2D eigenvalue weighted by Crippen LogP contribution is -2.53. The van der Waals surface area contributed by atoms with Gasteiger partial charge in [-0.05, 0) is 62.3 Å². The van der Waals surface area contributed by atoms with Crippen LogP contribution < -0.4 is 5.32 Å². The third-order valence-corrected chi connectivity index (χ3v) is 5.09. The highest BCUT2D eigenvalue weighted by atomic mass is 15.0. The van der Waals surface area contributed by atoms with Crippen LogP contribution in [0.5, 0.6) is 0 Å². The number of hydrogen-bond donors (Lipinski definition) is 1. The smallest absolute Gasteiger partial charge is 0.0104 e. The maximum atomic E-state index is 3.78. The fourth-order valence-electron chi connectivity index (χ4n) is 4.37. The Hall–Kier alpha value is -0.0400. The number of hydrogen-bond acceptors (Lipinski definition) is 1. The van der Waals surface area contributed by atoms with Crippen molar-refractivity contribution in [3.8, 4) is 0 Å². The van der Waals surface area contributed by atoms with Crippen LogP contribution in [0.25, 0.3) is 0 Å². The van der Waals surface area contributed by atoms with Gasteiger partial charge in [0.2, 0.25) is 0 Å². The van der Waals surface area contributed by atoms with Gasteiger partial charge in [-0.3, -0.25) is 0 Å². The van der Waals surface area contributed by atoms with Gasteiger partial charge in [-0.15, -0.1) is 0 Å². The van der Waals surface area contributed by atoms with Gasteiger partial charge in [0.15, 0.2) is 0 Å². The van der Waals surface area contributed by atoms with Gasteiger partial charge in [0, 0.05) is 6.04 Å². The first-order chi connectivity index (χ1) is 6.90. The summed E-state index contributed by atoms with van der Waals surface area (Å²) in [7, 11) is 0. The van der Waals surface area contributed by atoms with E-state index >= 15 is 0 Å². The lowest BCUT2D eigenvalue weighted by atomic mass is 9.62. The standard InChI is InChI=1S/C13H23N/c1-2-3-6-14-12-8-11-9-4-5-10(7-9)13(11)12/h9-14H,2-8H2,1H3/t9?,10?,11-,12-,13+/m1/s1. The molecule has 5 atom stereocenters. The predicted octanol–water partition coefficient (Wildman–Crippen LogP) is 2.81. The second-order valence-electron chi connectivity index (χ2n) is 5.72. The SMILES string of the molecule is CCCCN[C@@H]1C[C@@H]2C3CCC(C3)[C@@H]21. The Morgan fingerprint density at radius 2 is 2.00 bits per heavy atom. The highest BCUT2D eigenvalue weighted by molar-refractivity contribution is 5.08. The largest absolute Gasteiger partial charge is 0.314 e. The number of unbranched alkanes of at least 4 members (excludes halogenated alkanes) is 1. The maximum Gasteiger partial charge on any atom is 0.0104 e. The van der Waals surface area contributed by atoms with Crippen molar-refractivity contribution in [2.75, 3.05) is 6.54 Å². The zero-order chi connectivity index (χ0) is 9.54. The van der Waals surface area contributed by atoms with Gasteiger partial charge < -0.3 is 5.32 Å². The minimum Gasteiger partial charge on any atom is -0.314 e. The van der Waals surface area contributed by atoms with Crippen molar-refractivity contribution in [3.63, 3.8) is 0 Å². The van der Waals surface area contributed by atoms with Crippen molar-refractivity contribution in [3.05, 3.63) is 0 Å². The molecule has 0 heterocycles. The second kappa shape index (κ2) is 3.52. The molecule has 14 heavy (non-hydrogen) atoms. The summed E-state index contributed by atoms with van der Waals surface area (Å²) in [5, 5.41) is 3.78. The Morgan fingerprint density at radius 3 is 2.79 bits per heavy atom. The highest BCUT2D eigenvalue weighted by Gasteiger charge is 2.56. The zero-order valence-corrected chi connectivity index (χ0v) is 9.34. The van der Waals surface area contributed by atoms with Crippen molar-refractivity contribution in [1.82, 2.24) is 5.32 Å². The average molecular weight is 193 g/mol. The fraction of sp³-hybridized carbons (Fsp3) is 1.00. The predicted molar refractivity (Wildman–Crippen MR) is 59.1 cm³/mol. The third-order valence-electron chi connectivity index (χ3n) is 5.09. The molecule has 0 aliphatic heterocycles. The van der Waals surface area contributed by atoms with Crippen LogP contribution in [0.3, 0.4) is 0 Å². The van der Waals surface area contributed by atoms with E-state index in [1.807, 2.05) is 0 Å². The molecule has 2 bridgehead atoms. The fourth-order valence-corrected chi connectivity index (χ4v) is 4.37. The molecule has 0 amide bonds. The van der Waals surface area contributed by atoms with E-state index < -0.39 is 0 Å². The van der Waals surface area contributed by atoms with Crippen LogP contribution in [-0.2, 0) is 0 Å². The summed E-state index contributed by atoms with van der Waals surface area (Å²) in [5.41, 5.74) is 0. The molecular weight excluding hydrogens is 170 g/mol. The molecule has 0 aromatic heterocycles. The van der Waals surface area contributed by atoms with Gasteiger partial charge >= 0.3 is 0 Å². The molecule has 3 fully saturated rings. The van der Waals surface area contributed by atoms with Gasteiger partial charge in [0.1, 0.15) is 0 Å². The Balaban J connectivity index is 1.51.